The van der Waals surface area contributed by atoms with E-state index in [1.54, 1.807) is 0 Å². The summed E-state index contributed by atoms with van der Waals surface area (Å²) in [6.45, 7) is 0. The highest BCUT2D eigenvalue weighted by molar-refractivity contribution is 9.10. The molecule has 1 aromatic heterocycles. The van der Waals surface area contributed by atoms with Crippen molar-refractivity contribution < 1.29 is 4.11 Å². The summed E-state index contributed by atoms with van der Waals surface area (Å²) in [5.74, 6) is 0. The van der Waals surface area contributed by atoms with E-state index in [0.29, 0.717) is 0 Å². The molecule has 0 radical (unpaired) electrons. The lowest BCUT2D eigenvalue weighted by Crippen LogP contribution is -1.71. The second-order valence-corrected chi connectivity index (χ2v) is 2.18. The molecule has 0 aliphatic carbocycles. The van der Waals surface area contributed by atoms with Gasteiger partial charge in [0.1, 0.15) is 9.76 Å². The zero-order chi connectivity index (χ0) is 8.59. The fraction of sp³-hybridized carbons (Fsp3) is 0. The Labute approximate surface area is 65.0 Å². The van der Waals surface area contributed by atoms with E-state index in [2.05, 4.69) is 20.9 Å². The van der Waals surface area contributed by atoms with E-state index in [4.69, 9.17) is 15.7 Å². The van der Waals surface area contributed by atoms with E-state index in [1.165, 1.54) is 0 Å². The molecule has 0 atom stereocenters. The normalized spacial score (nSPS) is 14.5. The Bertz CT molecular complexity index is 278. The Balaban J connectivity index is 3.46. The topological polar surface area (TPSA) is 12.9 Å². The fourth-order valence-corrected chi connectivity index (χ4v) is 0.787. The maximum absolute atomic E-state index is 7.21. The minimum absolute atomic E-state index is 0.0575. The van der Waals surface area contributed by atoms with Crippen LogP contribution in [0, 0.1) is 0 Å². The third kappa shape index (κ3) is 1.46. The smallest absolute Gasteiger partial charge is 0.130 e. The summed E-state index contributed by atoms with van der Waals surface area (Å²) < 4.78 is 21.8. The molecule has 0 aliphatic heterocycles. The van der Waals surface area contributed by atoms with Crippen LogP contribution in [0.15, 0.2) is 22.7 Å². The van der Waals surface area contributed by atoms with Crippen molar-refractivity contribution in [2.75, 3.05) is 0 Å². The minimum atomic E-state index is -0.211. The van der Waals surface area contributed by atoms with Gasteiger partial charge in [-0.15, -0.1) is 0 Å². The van der Waals surface area contributed by atoms with Crippen molar-refractivity contribution in [3.8, 4) is 0 Å². The summed E-state index contributed by atoms with van der Waals surface area (Å²) in [4.78, 5) is 3.62. The molecule has 0 aliphatic rings. The molecule has 0 fully saturated rings. The highest BCUT2D eigenvalue weighted by Gasteiger charge is 1.86. The summed E-state index contributed by atoms with van der Waals surface area (Å²) in [5, 5.41) is -0.0575. The fourth-order valence-electron chi connectivity index (χ4n) is 0.276. The summed E-state index contributed by atoms with van der Waals surface area (Å²) in [6.07, 6.45) is 0. The number of hydrogen-bond donors (Lipinski definition) is 0. The van der Waals surface area contributed by atoms with Crippen LogP contribution in [0.5, 0.6) is 0 Å². The Morgan fingerprint density at radius 2 is 2.50 bits per heavy atom. The molecule has 0 bridgehead atoms. The number of aromatic nitrogens is 1. The molecule has 42 valence electrons. The van der Waals surface area contributed by atoms with Crippen LogP contribution in [-0.4, -0.2) is 4.98 Å². The molecule has 1 aromatic rings. The lowest BCUT2D eigenvalue weighted by atomic mass is 10.5. The number of nitrogens with zero attached hydrogens (tertiary/aromatic N) is 1. The molecule has 0 saturated heterocycles. The molecule has 0 amide bonds. The van der Waals surface area contributed by atoms with Gasteiger partial charge in [0, 0.05) is 0 Å². The maximum Gasteiger partial charge on any atom is 0.130 e. The van der Waals surface area contributed by atoms with Gasteiger partial charge in [0.05, 0.1) is 4.11 Å². The third-order valence-electron chi connectivity index (χ3n) is 0.528. The van der Waals surface area contributed by atoms with Crippen molar-refractivity contribution in [3.05, 3.63) is 27.9 Å². The first-order chi connectivity index (χ1) is 5.04. The van der Waals surface area contributed by atoms with Gasteiger partial charge in [-0.25, -0.2) is 4.98 Å². The summed E-state index contributed by atoms with van der Waals surface area (Å²) in [5.41, 5.74) is 0. The van der Waals surface area contributed by atoms with Crippen molar-refractivity contribution in [3.63, 3.8) is 0 Å². The van der Waals surface area contributed by atoms with Gasteiger partial charge in [-0.2, -0.15) is 0 Å². The van der Waals surface area contributed by atoms with Crippen LogP contribution >= 0.6 is 27.5 Å². The first-order valence-corrected chi connectivity index (χ1v) is 3.00. The van der Waals surface area contributed by atoms with Gasteiger partial charge < -0.3 is 0 Å². The van der Waals surface area contributed by atoms with Crippen molar-refractivity contribution in [2.24, 2.45) is 0 Å². The second kappa shape index (κ2) is 2.46. The average molecular weight is 195 g/mol. The maximum atomic E-state index is 7.21. The van der Waals surface area contributed by atoms with Crippen LogP contribution in [-0.2, 0) is 0 Å². The Morgan fingerprint density at radius 3 is 3.25 bits per heavy atom. The van der Waals surface area contributed by atoms with Crippen LogP contribution < -0.4 is 0 Å². The highest BCUT2D eigenvalue weighted by atomic mass is 79.9. The van der Waals surface area contributed by atoms with Gasteiger partial charge in [-0.3, -0.25) is 0 Å². The summed E-state index contributed by atoms with van der Waals surface area (Å²) >= 11 is 8.40. The lowest BCUT2D eigenvalue weighted by Gasteiger charge is -1.86. The molecule has 0 saturated carbocycles. The molecule has 0 aromatic carbocycles. The molecule has 1 nitrogen and oxygen atoms in total. The van der Waals surface area contributed by atoms with Gasteiger partial charge in [0.25, 0.3) is 0 Å². The monoisotopic (exact) mass is 194 g/mol. The number of hydrogen-bond acceptors (Lipinski definition) is 1. The number of pyridine rings is 1. The Hall–Kier alpha value is -0.0800. The molecule has 0 unspecified atom stereocenters. The van der Waals surface area contributed by atoms with Gasteiger partial charge in [0.15, 0.2) is 0 Å². The van der Waals surface area contributed by atoms with Crippen molar-refractivity contribution in [1.29, 1.82) is 0 Å². The largest absolute Gasteiger partial charge is 0.229 e. The molecule has 3 heteroatoms. The quantitative estimate of drug-likeness (QED) is 0.580. The van der Waals surface area contributed by atoms with Crippen LogP contribution in [0.1, 0.15) is 4.11 Å². The summed E-state index contributed by atoms with van der Waals surface area (Å²) in [6, 6.07) is -0.531. The predicted molar refractivity (Wildman–Crippen MR) is 36.9 cm³/mol. The van der Waals surface area contributed by atoms with Gasteiger partial charge in [-0.1, -0.05) is 17.6 Å². The van der Waals surface area contributed by atoms with E-state index >= 15 is 0 Å². The van der Waals surface area contributed by atoms with Crippen LogP contribution in [0.3, 0.4) is 0 Å². The average Bonchev–Trinajstić information content (AvgIpc) is 1.97. The van der Waals surface area contributed by atoms with Crippen LogP contribution in [0.2, 0.25) is 5.15 Å². The summed E-state index contributed by atoms with van der Waals surface area (Å²) in [7, 11) is 0. The molecule has 0 spiro atoms. The lowest BCUT2D eigenvalue weighted by molar-refractivity contribution is 1.28. The first-order valence-electron chi connectivity index (χ1n) is 3.33. The minimum Gasteiger partial charge on any atom is -0.229 e. The van der Waals surface area contributed by atoms with Crippen molar-refractivity contribution >= 4 is 27.5 Å². The van der Waals surface area contributed by atoms with E-state index in [9.17, 15) is 0 Å². The SMILES string of the molecule is [2H]c1c(Cl)nc(Br)c([2H])c1[2H]. The second-order valence-electron chi connectivity index (χ2n) is 1.07. The molecule has 0 N–H and O–H groups in total. The van der Waals surface area contributed by atoms with E-state index in [0.717, 1.165) is 0 Å². The molecular formula is C5H3BrClN. The van der Waals surface area contributed by atoms with Gasteiger partial charge in [-0.05, 0) is 28.0 Å². The standard InChI is InChI=1S/C5H3BrClN/c6-4-2-1-3-5(7)8-4/h1-3H/i1D,2D,3D. The predicted octanol–water partition coefficient (Wildman–Crippen LogP) is 2.50. The van der Waals surface area contributed by atoms with Crippen molar-refractivity contribution in [2.45, 2.75) is 0 Å². The zero-order valence-corrected chi connectivity index (χ0v) is 6.05. The Morgan fingerprint density at radius 1 is 1.75 bits per heavy atom. The molecule has 8 heavy (non-hydrogen) atoms. The highest BCUT2D eigenvalue weighted by Crippen LogP contribution is 2.09. The first kappa shape index (κ1) is 3.18. The van der Waals surface area contributed by atoms with Crippen LogP contribution in [0.4, 0.5) is 0 Å². The molecule has 1 heterocycles. The number of rotatable bonds is 0. The zero-order valence-electron chi connectivity index (χ0n) is 6.70. The van der Waals surface area contributed by atoms with E-state index < -0.39 is 0 Å². The third-order valence-corrected chi connectivity index (χ3v) is 1.08. The molecule has 1 rings (SSSR count). The van der Waals surface area contributed by atoms with Crippen molar-refractivity contribution in [1.82, 2.24) is 4.98 Å². The van der Waals surface area contributed by atoms with E-state index in [1.807, 2.05) is 0 Å². The Kier molecular flexibility index (Phi) is 0.980. The molecular weight excluding hydrogens is 189 g/mol. The van der Waals surface area contributed by atoms with E-state index in [-0.39, 0.29) is 27.9 Å². The van der Waals surface area contributed by atoms with Gasteiger partial charge >= 0.3 is 0 Å². The van der Waals surface area contributed by atoms with Crippen LogP contribution in [0.25, 0.3) is 0 Å². The van der Waals surface area contributed by atoms with Gasteiger partial charge in [0.2, 0.25) is 0 Å². The number of halogens is 2.